The Hall–Kier alpha value is -1.48. The van der Waals surface area contributed by atoms with Gasteiger partial charge in [-0.3, -0.25) is 0 Å². The van der Waals surface area contributed by atoms with Crippen LogP contribution < -0.4 is 4.90 Å². The molecular formula is C13H13ClN2O. The number of rotatable bonds is 4. The summed E-state index contributed by atoms with van der Waals surface area (Å²) in [5.41, 5.74) is 0. The molecule has 17 heavy (non-hydrogen) atoms. The largest absolute Gasteiger partial charge is 0.467 e. The lowest BCUT2D eigenvalue weighted by molar-refractivity contribution is 0.500. The first-order chi connectivity index (χ1) is 8.33. The summed E-state index contributed by atoms with van der Waals surface area (Å²) in [6.07, 6.45) is 5.85. The van der Waals surface area contributed by atoms with Gasteiger partial charge < -0.3 is 9.32 Å². The van der Waals surface area contributed by atoms with E-state index in [1.807, 2.05) is 24.3 Å². The summed E-state index contributed by atoms with van der Waals surface area (Å²) in [6.45, 7) is 0.770. The van der Waals surface area contributed by atoms with E-state index in [2.05, 4.69) is 9.88 Å². The van der Waals surface area contributed by atoms with Gasteiger partial charge in [-0.05, 0) is 37.1 Å². The summed E-state index contributed by atoms with van der Waals surface area (Å²) < 4.78 is 5.39. The van der Waals surface area contributed by atoms with E-state index in [1.54, 1.807) is 12.5 Å². The van der Waals surface area contributed by atoms with Crippen molar-refractivity contribution in [2.45, 2.75) is 25.4 Å². The van der Waals surface area contributed by atoms with Crippen molar-refractivity contribution in [1.82, 2.24) is 4.98 Å². The topological polar surface area (TPSA) is 29.3 Å². The van der Waals surface area contributed by atoms with Gasteiger partial charge in [-0.1, -0.05) is 11.6 Å². The Labute approximate surface area is 105 Å². The first-order valence-corrected chi connectivity index (χ1v) is 6.11. The molecule has 0 amide bonds. The number of pyridine rings is 1. The van der Waals surface area contributed by atoms with Crippen molar-refractivity contribution in [3.8, 4) is 0 Å². The van der Waals surface area contributed by atoms with Crippen LogP contribution in [-0.2, 0) is 6.54 Å². The fourth-order valence-corrected chi connectivity index (χ4v) is 2.00. The average Bonchev–Trinajstić information content (AvgIpc) is 3.05. The predicted octanol–water partition coefficient (Wildman–Crippen LogP) is 3.50. The van der Waals surface area contributed by atoms with Crippen LogP contribution in [0.2, 0.25) is 5.02 Å². The molecule has 3 rings (SSSR count). The van der Waals surface area contributed by atoms with Gasteiger partial charge in [0.2, 0.25) is 0 Å². The second-order valence-electron chi connectivity index (χ2n) is 4.27. The van der Waals surface area contributed by atoms with E-state index in [-0.39, 0.29) is 0 Å². The van der Waals surface area contributed by atoms with Crippen LogP contribution in [0.4, 0.5) is 5.82 Å². The molecule has 1 fully saturated rings. The molecule has 0 unspecified atom stereocenters. The number of aromatic nitrogens is 1. The first-order valence-electron chi connectivity index (χ1n) is 5.73. The fourth-order valence-electron chi connectivity index (χ4n) is 1.89. The van der Waals surface area contributed by atoms with Crippen LogP contribution in [0, 0.1) is 0 Å². The molecule has 0 saturated heterocycles. The number of nitrogens with zero attached hydrogens (tertiary/aromatic N) is 2. The van der Waals surface area contributed by atoms with Crippen molar-refractivity contribution in [1.29, 1.82) is 0 Å². The zero-order valence-corrected chi connectivity index (χ0v) is 10.1. The van der Waals surface area contributed by atoms with Gasteiger partial charge in [0.15, 0.2) is 0 Å². The lowest BCUT2D eigenvalue weighted by Gasteiger charge is -2.22. The van der Waals surface area contributed by atoms with E-state index in [0.717, 1.165) is 18.1 Å². The fraction of sp³-hybridized carbons (Fsp3) is 0.308. The Bertz CT molecular complexity index is 477. The van der Waals surface area contributed by atoms with Crippen LogP contribution >= 0.6 is 11.6 Å². The van der Waals surface area contributed by atoms with Gasteiger partial charge in [0.25, 0.3) is 0 Å². The second kappa shape index (κ2) is 4.41. The summed E-state index contributed by atoms with van der Waals surface area (Å²) in [6, 6.07) is 8.33. The Kier molecular flexibility index (Phi) is 2.77. The Morgan fingerprint density at radius 3 is 2.82 bits per heavy atom. The van der Waals surface area contributed by atoms with Crippen molar-refractivity contribution in [3.63, 3.8) is 0 Å². The molecular weight excluding hydrogens is 236 g/mol. The van der Waals surface area contributed by atoms with Crippen molar-refractivity contribution in [3.05, 3.63) is 47.5 Å². The van der Waals surface area contributed by atoms with Crippen molar-refractivity contribution in [2.75, 3.05) is 4.90 Å². The quantitative estimate of drug-likeness (QED) is 0.829. The van der Waals surface area contributed by atoms with E-state index in [4.69, 9.17) is 16.0 Å². The van der Waals surface area contributed by atoms with Gasteiger partial charge >= 0.3 is 0 Å². The highest BCUT2D eigenvalue weighted by atomic mass is 35.5. The molecule has 4 heteroatoms. The zero-order chi connectivity index (χ0) is 11.7. The molecule has 1 aliphatic carbocycles. The Balaban J connectivity index is 1.82. The average molecular weight is 249 g/mol. The lowest BCUT2D eigenvalue weighted by atomic mass is 10.3. The molecule has 2 aromatic heterocycles. The zero-order valence-electron chi connectivity index (χ0n) is 9.34. The maximum atomic E-state index is 5.85. The monoisotopic (exact) mass is 248 g/mol. The van der Waals surface area contributed by atoms with Crippen LogP contribution in [0.15, 0.2) is 41.1 Å². The van der Waals surface area contributed by atoms with Crippen LogP contribution in [0.25, 0.3) is 0 Å². The summed E-state index contributed by atoms with van der Waals surface area (Å²) in [7, 11) is 0. The van der Waals surface area contributed by atoms with Crippen LogP contribution in [0.1, 0.15) is 18.6 Å². The highest BCUT2D eigenvalue weighted by Crippen LogP contribution is 2.32. The first kappa shape index (κ1) is 10.7. The minimum atomic E-state index is 0.591. The van der Waals surface area contributed by atoms with Crippen LogP contribution in [0.3, 0.4) is 0 Å². The van der Waals surface area contributed by atoms with E-state index < -0.39 is 0 Å². The van der Waals surface area contributed by atoms with Gasteiger partial charge in [-0.2, -0.15) is 0 Å². The molecule has 88 valence electrons. The lowest BCUT2D eigenvalue weighted by Crippen LogP contribution is -2.25. The highest BCUT2D eigenvalue weighted by molar-refractivity contribution is 6.30. The molecule has 1 aliphatic rings. The summed E-state index contributed by atoms with van der Waals surface area (Å²) in [4.78, 5) is 6.65. The van der Waals surface area contributed by atoms with Gasteiger partial charge in [0.1, 0.15) is 11.6 Å². The third-order valence-electron chi connectivity index (χ3n) is 2.90. The normalized spacial score (nSPS) is 14.9. The number of hydrogen-bond donors (Lipinski definition) is 0. The summed E-state index contributed by atoms with van der Waals surface area (Å²) in [5, 5.41) is 0.669. The molecule has 0 aromatic carbocycles. The number of hydrogen-bond acceptors (Lipinski definition) is 3. The third-order valence-corrected chi connectivity index (χ3v) is 3.12. The molecule has 0 aliphatic heterocycles. The van der Waals surface area contributed by atoms with Gasteiger partial charge in [-0.25, -0.2) is 4.98 Å². The number of anilines is 1. The predicted molar refractivity (Wildman–Crippen MR) is 67.2 cm³/mol. The van der Waals surface area contributed by atoms with Crippen LogP contribution in [0.5, 0.6) is 0 Å². The number of furan rings is 1. The van der Waals surface area contributed by atoms with Crippen molar-refractivity contribution >= 4 is 17.4 Å². The minimum Gasteiger partial charge on any atom is -0.467 e. The van der Waals surface area contributed by atoms with Crippen molar-refractivity contribution < 1.29 is 4.42 Å². The molecule has 0 bridgehead atoms. The third kappa shape index (κ3) is 2.44. The Morgan fingerprint density at radius 1 is 1.35 bits per heavy atom. The van der Waals surface area contributed by atoms with Gasteiger partial charge in [0, 0.05) is 12.2 Å². The van der Waals surface area contributed by atoms with E-state index in [0.29, 0.717) is 11.1 Å². The molecule has 1 saturated carbocycles. The maximum absolute atomic E-state index is 5.85. The van der Waals surface area contributed by atoms with Gasteiger partial charge in [0.05, 0.1) is 17.8 Å². The molecule has 3 nitrogen and oxygen atoms in total. The molecule has 2 heterocycles. The molecule has 0 spiro atoms. The standard InChI is InChI=1S/C13H13ClN2O/c14-10-3-6-13(15-8-10)16(11-4-5-11)9-12-2-1-7-17-12/h1-3,6-8,11H,4-5,9H2. The Morgan fingerprint density at radius 2 is 2.24 bits per heavy atom. The maximum Gasteiger partial charge on any atom is 0.129 e. The SMILES string of the molecule is Clc1ccc(N(Cc2ccco2)C2CC2)nc1. The number of halogens is 1. The molecule has 0 N–H and O–H groups in total. The summed E-state index contributed by atoms with van der Waals surface area (Å²) >= 11 is 5.85. The highest BCUT2D eigenvalue weighted by Gasteiger charge is 2.30. The van der Waals surface area contributed by atoms with E-state index >= 15 is 0 Å². The second-order valence-corrected chi connectivity index (χ2v) is 4.71. The van der Waals surface area contributed by atoms with E-state index in [1.165, 1.54) is 12.8 Å². The van der Waals surface area contributed by atoms with Crippen LogP contribution in [-0.4, -0.2) is 11.0 Å². The molecule has 2 aromatic rings. The van der Waals surface area contributed by atoms with Crippen molar-refractivity contribution in [2.24, 2.45) is 0 Å². The summed E-state index contributed by atoms with van der Waals surface area (Å²) in [5.74, 6) is 1.93. The molecule has 0 radical (unpaired) electrons. The minimum absolute atomic E-state index is 0.591. The van der Waals surface area contributed by atoms with Gasteiger partial charge in [-0.15, -0.1) is 0 Å². The smallest absolute Gasteiger partial charge is 0.129 e. The molecule has 0 atom stereocenters. The van der Waals surface area contributed by atoms with E-state index in [9.17, 15) is 0 Å².